The number of guanidine groups is 1. The van der Waals surface area contributed by atoms with Crippen molar-refractivity contribution in [3.8, 4) is 0 Å². The van der Waals surface area contributed by atoms with Crippen molar-refractivity contribution in [1.29, 1.82) is 0 Å². The molecular formula is C16H24IN5O2S2. The van der Waals surface area contributed by atoms with Gasteiger partial charge in [0.25, 0.3) is 0 Å². The van der Waals surface area contributed by atoms with Crippen molar-refractivity contribution in [2.24, 2.45) is 10.1 Å². The van der Waals surface area contributed by atoms with Gasteiger partial charge in [-0.25, -0.2) is 23.5 Å². The first-order chi connectivity index (χ1) is 11.8. The Hall–Kier alpha value is -1.24. The predicted molar refractivity (Wildman–Crippen MR) is 116 cm³/mol. The van der Waals surface area contributed by atoms with Gasteiger partial charge in [-0.1, -0.05) is 12.1 Å². The van der Waals surface area contributed by atoms with Crippen molar-refractivity contribution in [1.82, 2.24) is 15.2 Å². The van der Waals surface area contributed by atoms with E-state index in [1.54, 1.807) is 23.5 Å². The molecule has 0 aliphatic heterocycles. The molecule has 0 aliphatic rings. The van der Waals surface area contributed by atoms with Gasteiger partial charge in [-0.2, -0.15) is 0 Å². The summed E-state index contributed by atoms with van der Waals surface area (Å²) in [4.78, 5) is 11.1. The maximum absolute atomic E-state index is 11.5. The Kier molecular flexibility index (Phi) is 8.93. The Morgan fingerprint density at radius 2 is 2.15 bits per heavy atom. The highest BCUT2D eigenvalue weighted by Gasteiger charge is 2.10. The van der Waals surface area contributed by atoms with Gasteiger partial charge in [0.1, 0.15) is 0 Å². The Morgan fingerprint density at radius 1 is 1.42 bits per heavy atom. The number of aryl methyl sites for hydroxylation is 1. The number of thiazole rings is 1. The zero-order valence-electron chi connectivity index (χ0n) is 15.0. The molecule has 7 nitrogen and oxygen atoms in total. The summed E-state index contributed by atoms with van der Waals surface area (Å²) in [6.45, 7) is 5.71. The van der Waals surface area contributed by atoms with Crippen LogP contribution in [0.15, 0.2) is 39.5 Å². The third kappa shape index (κ3) is 6.82. The second-order valence-corrected chi connectivity index (χ2v) is 8.20. The zero-order chi connectivity index (χ0) is 18.4. The summed E-state index contributed by atoms with van der Waals surface area (Å²) < 4.78 is 22.9. The molecule has 0 aliphatic carbocycles. The fourth-order valence-electron chi connectivity index (χ4n) is 2.26. The maximum atomic E-state index is 11.5. The van der Waals surface area contributed by atoms with Crippen LogP contribution in [0.5, 0.6) is 0 Å². The molecule has 3 N–H and O–H groups in total. The standard InChI is InChI=1S/C16H23N5O2S2.HI/c1-4-18-16(21(3)10-14-11-24-12(2)20-14)19-9-13-6-5-7-15(8-13)25(17,22)23;/h5-8,11H,4,9-10H2,1-3H3,(H,18,19)(H2,17,22,23);1H. The smallest absolute Gasteiger partial charge is 0.238 e. The molecule has 0 radical (unpaired) electrons. The normalized spacial score (nSPS) is 11.8. The van der Waals surface area contributed by atoms with Gasteiger partial charge in [-0.3, -0.25) is 0 Å². The van der Waals surface area contributed by atoms with E-state index in [2.05, 4.69) is 15.3 Å². The lowest BCUT2D eigenvalue weighted by molar-refractivity contribution is 0.471. The van der Waals surface area contributed by atoms with Gasteiger partial charge in [0.05, 0.1) is 28.7 Å². The number of hydrogen-bond donors (Lipinski definition) is 2. The van der Waals surface area contributed by atoms with Gasteiger partial charge in [0.15, 0.2) is 5.96 Å². The van der Waals surface area contributed by atoms with Crippen molar-refractivity contribution < 1.29 is 8.42 Å². The van der Waals surface area contributed by atoms with Crippen LogP contribution in [-0.2, 0) is 23.1 Å². The fraction of sp³-hybridized carbons (Fsp3) is 0.375. The van der Waals surface area contributed by atoms with Crippen LogP contribution >= 0.6 is 35.3 Å². The third-order valence-electron chi connectivity index (χ3n) is 3.40. The first kappa shape index (κ1) is 22.8. The summed E-state index contributed by atoms with van der Waals surface area (Å²) in [5.74, 6) is 0.731. The van der Waals surface area contributed by atoms with Gasteiger partial charge < -0.3 is 10.2 Å². The highest BCUT2D eigenvalue weighted by atomic mass is 127. The molecule has 10 heteroatoms. The molecule has 0 atom stereocenters. The van der Waals surface area contributed by atoms with Crippen LogP contribution in [0.3, 0.4) is 0 Å². The Morgan fingerprint density at radius 3 is 2.73 bits per heavy atom. The number of nitrogens with one attached hydrogen (secondary N) is 1. The van der Waals surface area contributed by atoms with Gasteiger partial charge >= 0.3 is 0 Å². The summed E-state index contributed by atoms with van der Waals surface area (Å²) in [6, 6.07) is 6.52. The molecule has 1 aromatic carbocycles. The van der Waals surface area contributed by atoms with Crippen LogP contribution in [0.4, 0.5) is 0 Å². The molecule has 26 heavy (non-hydrogen) atoms. The lowest BCUT2D eigenvalue weighted by Gasteiger charge is -2.21. The number of rotatable bonds is 6. The Labute approximate surface area is 175 Å². The maximum Gasteiger partial charge on any atom is 0.238 e. The van der Waals surface area contributed by atoms with Crippen LogP contribution in [0, 0.1) is 6.92 Å². The summed E-state index contributed by atoms with van der Waals surface area (Å²) >= 11 is 1.62. The molecule has 0 spiro atoms. The number of sulfonamides is 1. The molecular weight excluding hydrogens is 485 g/mol. The second kappa shape index (κ2) is 10.2. The quantitative estimate of drug-likeness (QED) is 0.354. The summed E-state index contributed by atoms with van der Waals surface area (Å²) in [5, 5.41) is 11.5. The zero-order valence-corrected chi connectivity index (χ0v) is 18.9. The minimum Gasteiger partial charge on any atom is -0.357 e. The van der Waals surface area contributed by atoms with Gasteiger partial charge in [-0.15, -0.1) is 35.3 Å². The summed E-state index contributed by atoms with van der Waals surface area (Å²) in [7, 11) is -1.77. The molecule has 0 saturated heterocycles. The largest absolute Gasteiger partial charge is 0.357 e. The number of hydrogen-bond acceptors (Lipinski definition) is 5. The highest BCUT2D eigenvalue weighted by molar-refractivity contribution is 14.0. The summed E-state index contributed by atoms with van der Waals surface area (Å²) in [6.07, 6.45) is 0. The molecule has 2 rings (SSSR count). The van der Waals surface area contributed by atoms with E-state index in [1.165, 1.54) is 6.07 Å². The van der Waals surface area contributed by atoms with E-state index in [0.717, 1.165) is 28.8 Å². The van der Waals surface area contributed by atoms with Crippen LogP contribution in [0.25, 0.3) is 0 Å². The van der Waals surface area contributed by atoms with Crippen LogP contribution in [-0.4, -0.2) is 37.9 Å². The van der Waals surface area contributed by atoms with E-state index in [4.69, 9.17) is 5.14 Å². The average Bonchev–Trinajstić information content (AvgIpc) is 2.95. The number of nitrogens with two attached hydrogens (primary N) is 1. The van der Waals surface area contributed by atoms with Crippen molar-refractivity contribution >= 4 is 51.3 Å². The van der Waals surface area contributed by atoms with E-state index in [1.807, 2.05) is 37.2 Å². The molecule has 0 saturated carbocycles. The fourth-order valence-corrected chi connectivity index (χ4v) is 3.44. The lowest BCUT2D eigenvalue weighted by Crippen LogP contribution is -2.38. The molecule has 2 aromatic rings. The molecule has 0 unspecified atom stereocenters. The predicted octanol–water partition coefficient (Wildman–Crippen LogP) is 2.31. The minimum atomic E-state index is -3.71. The van der Waals surface area contributed by atoms with Gasteiger partial charge in [-0.05, 0) is 31.5 Å². The van der Waals surface area contributed by atoms with Gasteiger partial charge in [0.2, 0.25) is 10.0 Å². The lowest BCUT2D eigenvalue weighted by atomic mass is 10.2. The highest BCUT2D eigenvalue weighted by Crippen LogP contribution is 2.12. The Bertz CT molecular complexity index is 852. The molecule has 0 amide bonds. The SMILES string of the molecule is CCNC(=NCc1cccc(S(N)(=O)=O)c1)N(C)Cc1csc(C)n1.I. The number of aromatic nitrogens is 1. The number of halogens is 1. The number of aliphatic imine (C=N–C) groups is 1. The van der Waals surface area contributed by atoms with E-state index in [-0.39, 0.29) is 28.9 Å². The average molecular weight is 509 g/mol. The van der Waals surface area contributed by atoms with Crippen LogP contribution in [0.2, 0.25) is 0 Å². The van der Waals surface area contributed by atoms with Gasteiger partial charge in [0, 0.05) is 19.0 Å². The first-order valence-electron chi connectivity index (χ1n) is 7.81. The van der Waals surface area contributed by atoms with E-state index in [0.29, 0.717) is 13.1 Å². The van der Waals surface area contributed by atoms with Crippen molar-refractivity contribution in [2.75, 3.05) is 13.6 Å². The monoisotopic (exact) mass is 509 g/mol. The number of primary sulfonamides is 1. The Balaban J connectivity index is 0.00000338. The topological polar surface area (TPSA) is 101 Å². The molecule has 144 valence electrons. The van der Waals surface area contributed by atoms with Crippen molar-refractivity contribution in [3.05, 3.63) is 45.9 Å². The van der Waals surface area contributed by atoms with Crippen molar-refractivity contribution in [2.45, 2.75) is 31.8 Å². The van der Waals surface area contributed by atoms with E-state index in [9.17, 15) is 8.42 Å². The van der Waals surface area contributed by atoms with Crippen LogP contribution in [0.1, 0.15) is 23.2 Å². The first-order valence-corrected chi connectivity index (χ1v) is 10.2. The number of benzene rings is 1. The third-order valence-corrected chi connectivity index (χ3v) is 5.13. The minimum absolute atomic E-state index is 0. The molecule has 0 bridgehead atoms. The second-order valence-electron chi connectivity index (χ2n) is 5.58. The van der Waals surface area contributed by atoms with Crippen molar-refractivity contribution in [3.63, 3.8) is 0 Å². The molecule has 1 heterocycles. The molecule has 1 aromatic heterocycles. The van der Waals surface area contributed by atoms with E-state index >= 15 is 0 Å². The molecule has 0 fully saturated rings. The van der Waals surface area contributed by atoms with Crippen LogP contribution < -0.4 is 10.5 Å². The summed E-state index contributed by atoms with van der Waals surface area (Å²) in [5.41, 5.74) is 1.77. The number of nitrogens with zero attached hydrogens (tertiary/aromatic N) is 3. The van der Waals surface area contributed by atoms with E-state index < -0.39 is 10.0 Å².